The van der Waals surface area contributed by atoms with Crippen molar-refractivity contribution in [1.82, 2.24) is 9.97 Å². The summed E-state index contributed by atoms with van der Waals surface area (Å²) >= 11 is 0. The highest BCUT2D eigenvalue weighted by Crippen LogP contribution is 2.24. The van der Waals surface area contributed by atoms with Crippen molar-refractivity contribution < 1.29 is 4.74 Å². The fourth-order valence-corrected chi connectivity index (χ4v) is 4.69. The minimum Gasteiger partial charge on any atom is -0.437 e. The monoisotopic (exact) mass is 480 g/mol. The standard InChI is InChI=1S/C32H52N2O/c1-3-5-7-9-11-12-13-14-16-18-20-22-31-32(34-28-27-33-31)35-30-25-23-29(24-26-30)21-19-17-15-10-8-6-4-2/h23-28H,3-22H2,1-2H3. The van der Waals surface area contributed by atoms with Crippen molar-refractivity contribution >= 4 is 0 Å². The molecule has 1 aromatic heterocycles. The summed E-state index contributed by atoms with van der Waals surface area (Å²) in [6.07, 6.45) is 30.0. The van der Waals surface area contributed by atoms with E-state index in [1.54, 1.807) is 12.4 Å². The van der Waals surface area contributed by atoms with Gasteiger partial charge in [-0.15, -0.1) is 0 Å². The lowest BCUT2D eigenvalue weighted by Crippen LogP contribution is -1.98. The second-order valence-electron chi connectivity index (χ2n) is 10.2. The van der Waals surface area contributed by atoms with Crippen molar-refractivity contribution in [2.75, 3.05) is 0 Å². The molecule has 1 heterocycles. The van der Waals surface area contributed by atoms with Gasteiger partial charge < -0.3 is 4.74 Å². The van der Waals surface area contributed by atoms with Crippen LogP contribution in [-0.4, -0.2) is 9.97 Å². The molecule has 0 fully saturated rings. The molecular formula is C32H52N2O. The average molecular weight is 481 g/mol. The van der Waals surface area contributed by atoms with Crippen LogP contribution in [0.5, 0.6) is 11.6 Å². The molecule has 0 spiro atoms. The summed E-state index contributed by atoms with van der Waals surface area (Å²) in [7, 11) is 0. The van der Waals surface area contributed by atoms with Crippen molar-refractivity contribution in [3.05, 3.63) is 47.9 Å². The van der Waals surface area contributed by atoms with Crippen LogP contribution < -0.4 is 4.74 Å². The van der Waals surface area contributed by atoms with Crippen LogP contribution in [0.2, 0.25) is 0 Å². The van der Waals surface area contributed by atoms with E-state index in [0.29, 0.717) is 5.88 Å². The minimum atomic E-state index is 0.666. The van der Waals surface area contributed by atoms with Gasteiger partial charge in [-0.2, -0.15) is 0 Å². The maximum Gasteiger partial charge on any atom is 0.241 e. The molecule has 3 heteroatoms. The Morgan fingerprint density at radius 2 is 0.971 bits per heavy atom. The Hall–Kier alpha value is -1.90. The molecule has 0 radical (unpaired) electrons. The molecule has 0 aliphatic carbocycles. The SMILES string of the molecule is CCCCCCCCCCCCCc1nccnc1Oc1ccc(CCCCCCCCC)cc1. The molecule has 0 unspecified atom stereocenters. The Labute approximate surface area is 216 Å². The number of rotatable bonds is 22. The molecule has 2 aromatic rings. The molecule has 196 valence electrons. The van der Waals surface area contributed by atoms with E-state index in [1.165, 1.54) is 115 Å². The maximum absolute atomic E-state index is 6.12. The summed E-state index contributed by atoms with van der Waals surface area (Å²) in [4.78, 5) is 9.04. The van der Waals surface area contributed by atoms with Crippen LogP contribution in [0.1, 0.15) is 141 Å². The van der Waals surface area contributed by atoms with E-state index < -0.39 is 0 Å². The Balaban J connectivity index is 1.62. The van der Waals surface area contributed by atoms with Gasteiger partial charge >= 0.3 is 0 Å². The molecular weight excluding hydrogens is 428 g/mol. The zero-order valence-corrected chi connectivity index (χ0v) is 22.9. The normalized spacial score (nSPS) is 11.1. The first kappa shape index (κ1) is 29.3. The van der Waals surface area contributed by atoms with Crippen molar-refractivity contribution in [3.8, 4) is 11.6 Å². The Bertz CT molecular complexity index is 743. The number of unbranched alkanes of at least 4 members (excludes halogenated alkanes) is 16. The summed E-state index contributed by atoms with van der Waals surface area (Å²) in [5, 5.41) is 0. The molecule has 0 saturated carbocycles. The van der Waals surface area contributed by atoms with Crippen molar-refractivity contribution in [1.29, 1.82) is 0 Å². The van der Waals surface area contributed by atoms with Gasteiger partial charge in [0.15, 0.2) is 0 Å². The first-order valence-electron chi connectivity index (χ1n) is 14.9. The first-order chi connectivity index (χ1) is 17.3. The van der Waals surface area contributed by atoms with Gasteiger partial charge in [-0.3, -0.25) is 4.98 Å². The van der Waals surface area contributed by atoms with Gasteiger partial charge in [0.25, 0.3) is 0 Å². The van der Waals surface area contributed by atoms with Crippen LogP contribution in [0.25, 0.3) is 0 Å². The molecule has 0 atom stereocenters. The second-order valence-corrected chi connectivity index (χ2v) is 10.2. The van der Waals surface area contributed by atoms with Gasteiger partial charge in [0.1, 0.15) is 11.4 Å². The van der Waals surface area contributed by atoms with E-state index in [0.717, 1.165) is 30.7 Å². The lowest BCUT2D eigenvalue weighted by atomic mass is 10.0. The topological polar surface area (TPSA) is 35.0 Å². The van der Waals surface area contributed by atoms with Crippen LogP contribution in [0, 0.1) is 0 Å². The number of benzene rings is 1. The molecule has 3 nitrogen and oxygen atoms in total. The van der Waals surface area contributed by atoms with Crippen molar-refractivity contribution in [3.63, 3.8) is 0 Å². The highest BCUT2D eigenvalue weighted by atomic mass is 16.5. The molecule has 0 amide bonds. The van der Waals surface area contributed by atoms with E-state index >= 15 is 0 Å². The Morgan fingerprint density at radius 3 is 1.51 bits per heavy atom. The minimum absolute atomic E-state index is 0.666. The van der Waals surface area contributed by atoms with Crippen molar-refractivity contribution in [2.45, 2.75) is 142 Å². The summed E-state index contributed by atoms with van der Waals surface area (Å²) in [5.74, 6) is 1.52. The smallest absolute Gasteiger partial charge is 0.241 e. The van der Waals surface area contributed by atoms with Crippen LogP contribution in [-0.2, 0) is 12.8 Å². The van der Waals surface area contributed by atoms with Crippen LogP contribution >= 0.6 is 0 Å². The number of aryl methyl sites for hydroxylation is 2. The second kappa shape index (κ2) is 20.3. The zero-order valence-electron chi connectivity index (χ0n) is 22.9. The Kier molecular flexibility index (Phi) is 17.0. The van der Waals surface area contributed by atoms with Crippen molar-refractivity contribution in [2.24, 2.45) is 0 Å². The van der Waals surface area contributed by atoms with Gasteiger partial charge in [-0.05, 0) is 43.4 Å². The van der Waals surface area contributed by atoms with E-state index in [9.17, 15) is 0 Å². The molecule has 2 rings (SSSR count). The quantitative estimate of drug-likeness (QED) is 0.157. The molecule has 35 heavy (non-hydrogen) atoms. The number of ether oxygens (including phenoxy) is 1. The lowest BCUT2D eigenvalue weighted by molar-refractivity contribution is 0.449. The molecule has 1 aromatic carbocycles. The van der Waals surface area contributed by atoms with Crippen LogP contribution in [0.15, 0.2) is 36.7 Å². The predicted molar refractivity (Wildman–Crippen MR) is 150 cm³/mol. The summed E-state index contributed by atoms with van der Waals surface area (Å²) in [6, 6.07) is 8.56. The van der Waals surface area contributed by atoms with E-state index in [2.05, 4.69) is 48.1 Å². The van der Waals surface area contributed by atoms with Gasteiger partial charge in [0.2, 0.25) is 5.88 Å². The number of hydrogen-bond acceptors (Lipinski definition) is 3. The number of aromatic nitrogens is 2. The van der Waals surface area contributed by atoms with E-state index in [-0.39, 0.29) is 0 Å². The van der Waals surface area contributed by atoms with E-state index in [1.807, 2.05) is 0 Å². The fourth-order valence-electron chi connectivity index (χ4n) is 4.69. The predicted octanol–water partition coefficient (Wildman–Crippen LogP) is 10.4. The van der Waals surface area contributed by atoms with Gasteiger partial charge in [-0.25, -0.2) is 4.98 Å². The molecule has 0 bridgehead atoms. The Morgan fingerprint density at radius 1 is 0.514 bits per heavy atom. The van der Waals surface area contributed by atoms with Gasteiger partial charge in [0.05, 0.1) is 0 Å². The zero-order chi connectivity index (χ0) is 24.8. The van der Waals surface area contributed by atoms with Gasteiger partial charge in [0, 0.05) is 12.4 Å². The third-order valence-corrected chi connectivity index (χ3v) is 6.96. The molecule has 0 aliphatic heterocycles. The summed E-state index contributed by atoms with van der Waals surface area (Å²) < 4.78 is 6.12. The number of hydrogen-bond donors (Lipinski definition) is 0. The lowest BCUT2D eigenvalue weighted by Gasteiger charge is -2.10. The van der Waals surface area contributed by atoms with Crippen LogP contribution in [0.3, 0.4) is 0 Å². The average Bonchev–Trinajstić information content (AvgIpc) is 2.88. The third kappa shape index (κ3) is 14.3. The summed E-state index contributed by atoms with van der Waals surface area (Å²) in [6.45, 7) is 4.56. The van der Waals surface area contributed by atoms with E-state index in [4.69, 9.17) is 4.74 Å². The van der Waals surface area contributed by atoms with Crippen LogP contribution in [0.4, 0.5) is 0 Å². The summed E-state index contributed by atoms with van der Waals surface area (Å²) in [5.41, 5.74) is 2.38. The highest BCUT2D eigenvalue weighted by Gasteiger charge is 2.08. The first-order valence-corrected chi connectivity index (χ1v) is 14.9. The highest BCUT2D eigenvalue weighted by molar-refractivity contribution is 5.32. The largest absolute Gasteiger partial charge is 0.437 e. The molecule has 0 aliphatic rings. The maximum atomic E-state index is 6.12. The third-order valence-electron chi connectivity index (χ3n) is 6.96. The molecule has 0 saturated heterocycles. The van der Waals surface area contributed by atoms with Gasteiger partial charge in [-0.1, -0.05) is 129 Å². The molecule has 0 N–H and O–H groups in total. The number of nitrogens with zero attached hydrogens (tertiary/aromatic N) is 2. The fraction of sp³-hybridized carbons (Fsp3) is 0.688.